The smallest absolute Gasteiger partial charge is 0.254 e. The molecular formula is C23H24N2O4. The van der Waals surface area contributed by atoms with Crippen LogP contribution in [0.3, 0.4) is 0 Å². The van der Waals surface area contributed by atoms with Gasteiger partial charge in [-0.2, -0.15) is 0 Å². The summed E-state index contributed by atoms with van der Waals surface area (Å²) in [7, 11) is 3.22. The van der Waals surface area contributed by atoms with Crippen molar-refractivity contribution < 1.29 is 19.1 Å². The molecule has 0 bridgehead atoms. The van der Waals surface area contributed by atoms with E-state index in [0.29, 0.717) is 23.6 Å². The zero-order valence-electron chi connectivity index (χ0n) is 16.6. The number of benzene rings is 2. The van der Waals surface area contributed by atoms with Crippen molar-refractivity contribution in [2.75, 3.05) is 20.8 Å². The molecule has 0 radical (unpaired) electrons. The zero-order valence-corrected chi connectivity index (χ0v) is 16.6. The van der Waals surface area contributed by atoms with E-state index in [0.717, 1.165) is 36.0 Å². The number of ether oxygens (including phenoxy) is 2. The predicted molar refractivity (Wildman–Crippen MR) is 107 cm³/mol. The third-order valence-corrected chi connectivity index (χ3v) is 6.23. The van der Waals surface area contributed by atoms with Crippen molar-refractivity contribution in [1.29, 1.82) is 0 Å². The van der Waals surface area contributed by atoms with E-state index in [4.69, 9.17) is 9.47 Å². The lowest BCUT2D eigenvalue weighted by molar-refractivity contribution is -0.124. The number of fused-ring (bicyclic) bond motifs is 4. The van der Waals surface area contributed by atoms with E-state index >= 15 is 0 Å². The van der Waals surface area contributed by atoms with Crippen LogP contribution in [0.4, 0.5) is 0 Å². The van der Waals surface area contributed by atoms with Crippen LogP contribution in [0.5, 0.6) is 11.5 Å². The minimum Gasteiger partial charge on any atom is -0.493 e. The Morgan fingerprint density at radius 3 is 2.52 bits per heavy atom. The molecule has 1 aliphatic carbocycles. The molecule has 0 spiro atoms. The van der Waals surface area contributed by atoms with Crippen LogP contribution in [0.15, 0.2) is 36.4 Å². The second kappa shape index (κ2) is 6.79. The van der Waals surface area contributed by atoms with Crippen LogP contribution in [0, 0.1) is 0 Å². The number of carbonyl (C=O) groups is 2. The molecule has 2 aromatic rings. The summed E-state index contributed by atoms with van der Waals surface area (Å²) in [6, 6.07) is 11.3. The number of carbonyl (C=O) groups excluding carboxylic acids is 2. The van der Waals surface area contributed by atoms with Gasteiger partial charge >= 0.3 is 0 Å². The first kappa shape index (κ1) is 18.0. The summed E-state index contributed by atoms with van der Waals surface area (Å²) in [6.07, 6.45) is 2.76. The van der Waals surface area contributed by atoms with Gasteiger partial charge in [-0.15, -0.1) is 0 Å². The van der Waals surface area contributed by atoms with Crippen molar-refractivity contribution in [3.8, 4) is 11.5 Å². The monoisotopic (exact) mass is 392 g/mol. The van der Waals surface area contributed by atoms with Crippen molar-refractivity contribution in [2.45, 2.75) is 37.3 Å². The lowest BCUT2D eigenvalue weighted by atomic mass is 9.75. The molecule has 2 heterocycles. The molecule has 0 unspecified atom stereocenters. The molecule has 6 nitrogen and oxygen atoms in total. The molecule has 2 amide bonds. The summed E-state index contributed by atoms with van der Waals surface area (Å²) < 4.78 is 11.0. The Morgan fingerprint density at radius 2 is 1.79 bits per heavy atom. The van der Waals surface area contributed by atoms with Gasteiger partial charge in [-0.3, -0.25) is 9.59 Å². The number of amides is 2. The van der Waals surface area contributed by atoms with Gasteiger partial charge in [0, 0.05) is 18.2 Å². The molecular weight excluding hydrogens is 368 g/mol. The van der Waals surface area contributed by atoms with Crippen LogP contribution in [-0.4, -0.2) is 43.5 Å². The summed E-state index contributed by atoms with van der Waals surface area (Å²) in [5, 5.41) is 3.16. The first-order chi connectivity index (χ1) is 14.1. The maximum Gasteiger partial charge on any atom is 0.254 e. The number of nitrogens with one attached hydrogen (secondary N) is 1. The molecule has 0 aromatic heterocycles. The van der Waals surface area contributed by atoms with Crippen molar-refractivity contribution in [3.05, 3.63) is 58.7 Å². The fraction of sp³-hybridized carbons (Fsp3) is 0.391. The molecule has 1 saturated carbocycles. The molecule has 29 heavy (non-hydrogen) atoms. The first-order valence-corrected chi connectivity index (χ1v) is 10.1. The lowest BCUT2D eigenvalue weighted by Crippen LogP contribution is -2.50. The van der Waals surface area contributed by atoms with Gasteiger partial charge in [-0.1, -0.05) is 18.2 Å². The van der Waals surface area contributed by atoms with Crippen LogP contribution in [-0.2, 0) is 11.2 Å². The Bertz CT molecular complexity index is 998. The highest BCUT2D eigenvalue weighted by Crippen LogP contribution is 2.48. The first-order valence-electron chi connectivity index (χ1n) is 10.1. The molecule has 5 rings (SSSR count). The Hall–Kier alpha value is -3.02. The number of nitrogens with zero attached hydrogens (tertiary/aromatic N) is 1. The maximum atomic E-state index is 13.4. The summed E-state index contributed by atoms with van der Waals surface area (Å²) in [5.41, 5.74) is 3.50. The molecule has 2 aromatic carbocycles. The molecule has 2 atom stereocenters. The van der Waals surface area contributed by atoms with Gasteiger partial charge in [0.15, 0.2) is 11.5 Å². The second-order valence-electron chi connectivity index (χ2n) is 7.95. The maximum absolute atomic E-state index is 13.4. The Balaban J connectivity index is 1.68. The molecule has 150 valence electrons. The van der Waals surface area contributed by atoms with Gasteiger partial charge in [0.1, 0.15) is 0 Å². The summed E-state index contributed by atoms with van der Waals surface area (Å²) >= 11 is 0. The standard InChI is InChI=1S/C23H24N2O4/c1-28-18-11-13-9-10-25-21(17(13)12-19(18)29-2)20(22(26)24-14-7-8-14)15-5-3-4-6-16(15)23(25)27/h3-6,11-12,14,20-21H,7-10H2,1-2H3,(H,24,26)/t20-,21+/m1/s1. The highest BCUT2D eigenvalue weighted by atomic mass is 16.5. The molecule has 3 aliphatic rings. The van der Waals surface area contributed by atoms with Gasteiger partial charge in [0.05, 0.1) is 26.2 Å². The molecule has 1 fully saturated rings. The topological polar surface area (TPSA) is 67.9 Å². The highest BCUT2D eigenvalue weighted by molar-refractivity contribution is 6.01. The number of hydrogen-bond acceptors (Lipinski definition) is 4. The third kappa shape index (κ3) is 2.85. The van der Waals surface area contributed by atoms with Crippen LogP contribution < -0.4 is 14.8 Å². The van der Waals surface area contributed by atoms with Crippen molar-refractivity contribution in [1.82, 2.24) is 10.2 Å². The van der Waals surface area contributed by atoms with Crippen molar-refractivity contribution in [2.24, 2.45) is 0 Å². The Morgan fingerprint density at radius 1 is 1.07 bits per heavy atom. The molecule has 2 aliphatic heterocycles. The third-order valence-electron chi connectivity index (χ3n) is 6.23. The summed E-state index contributed by atoms with van der Waals surface area (Å²) in [5.74, 6) is 0.815. The van der Waals surface area contributed by atoms with Gasteiger partial charge in [-0.25, -0.2) is 0 Å². The second-order valence-corrected chi connectivity index (χ2v) is 7.95. The Kier molecular flexibility index (Phi) is 4.23. The Labute approximate surface area is 169 Å². The van der Waals surface area contributed by atoms with Crippen molar-refractivity contribution in [3.63, 3.8) is 0 Å². The van der Waals surface area contributed by atoms with E-state index in [-0.39, 0.29) is 23.9 Å². The van der Waals surface area contributed by atoms with Crippen LogP contribution in [0.1, 0.15) is 51.8 Å². The SMILES string of the molecule is COc1cc2c(cc1OC)[C@H]1[C@H](C(=O)NC3CC3)c3ccccc3C(=O)N1CC2. The van der Waals surface area contributed by atoms with E-state index < -0.39 is 5.92 Å². The summed E-state index contributed by atoms with van der Waals surface area (Å²) in [6.45, 7) is 0.577. The average molecular weight is 392 g/mol. The predicted octanol–water partition coefficient (Wildman–Crippen LogP) is 2.82. The van der Waals surface area contributed by atoms with Gasteiger partial charge < -0.3 is 19.7 Å². The summed E-state index contributed by atoms with van der Waals surface area (Å²) in [4.78, 5) is 28.5. The number of hydrogen-bond donors (Lipinski definition) is 1. The lowest BCUT2D eigenvalue weighted by Gasteiger charge is -2.45. The quantitative estimate of drug-likeness (QED) is 0.869. The van der Waals surface area contributed by atoms with Crippen molar-refractivity contribution >= 4 is 11.8 Å². The molecule has 6 heteroatoms. The van der Waals surface area contributed by atoms with Gasteiger partial charge in [0.2, 0.25) is 5.91 Å². The molecule has 0 saturated heterocycles. The normalized spacial score (nSPS) is 22.3. The van der Waals surface area contributed by atoms with Crippen LogP contribution in [0.2, 0.25) is 0 Å². The van der Waals surface area contributed by atoms with E-state index in [2.05, 4.69) is 5.32 Å². The highest BCUT2D eigenvalue weighted by Gasteiger charge is 2.47. The fourth-order valence-electron chi connectivity index (χ4n) is 4.65. The fourth-order valence-corrected chi connectivity index (χ4v) is 4.65. The zero-order chi connectivity index (χ0) is 20.1. The van der Waals surface area contributed by atoms with E-state index in [1.807, 2.05) is 41.3 Å². The molecule has 1 N–H and O–H groups in total. The van der Waals surface area contributed by atoms with Crippen LogP contribution in [0.25, 0.3) is 0 Å². The average Bonchev–Trinajstić information content (AvgIpc) is 3.56. The van der Waals surface area contributed by atoms with E-state index in [9.17, 15) is 9.59 Å². The number of rotatable bonds is 4. The minimum absolute atomic E-state index is 0.00918. The van der Waals surface area contributed by atoms with E-state index in [1.165, 1.54) is 0 Å². The minimum atomic E-state index is -0.443. The number of methoxy groups -OCH3 is 2. The van der Waals surface area contributed by atoms with Gasteiger partial charge in [-0.05, 0) is 54.2 Å². The largest absolute Gasteiger partial charge is 0.493 e. The van der Waals surface area contributed by atoms with E-state index in [1.54, 1.807) is 14.2 Å². The van der Waals surface area contributed by atoms with Gasteiger partial charge in [0.25, 0.3) is 5.91 Å². The van der Waals surface area contributed by atoms with Crippen LogP contribution >= 0.6 is 0 Å².